The van der Waals surface area contributed by atoms with Crippen molar-refractivity contribution in [3.05, 3.63) is 29.8 Å². The molecule has 0 bridgehead atoms. The van der Waals surface area contributed by atoms with Crippen LogP contribution in [-0.4, -0.2) is 14.3 Å². The number of carbonyl (C=O) groups is 1. The minimum atomic E-state index is -3.69. The Kier molecular flexibility index (Phi) is 5.27. The number of rotatable bonds is 4. The second-order valence-corrected chi connectivity index (χ2v) is 8.32. The lowest BCUT2D eigenvalue weighted by atomic mass is 9.82. The molecule has 0 saturated heterocycles. The lowest BCUT2D eigenvalue weighted by Crippen LogP contribution is -2.32. The fourth-order valence-electron chi connectivity index (χ4n) is 2.63. The maximum atomic E-state index is 12.1. The molecule has 0 atom stereocenters. The van der Waals surface area contributed by atoms with Gasteiger partial charge in [-0.3, -0.25) is 4.79 Å². The van der Waals surface area contributed by atoms with Gasteiger partial charge in [-0.05, 0) is 49.3 Å². The van der Waals surface area contributed by atoms with Crippen molar-refractivity contribution in [1.82, 2.24) is 5.32 Å². The number of hydrogen-bond acceptors (Lipinski definition) is 3. The van der Waals surface area contributed by atoms with E-state index in [0.29, 0.717) is 6.54 Å². The zero-order valence-electron chi connectivity index (χ0n) is 12.0. The van der Waals surface area contributed by atoms with Gasteiger partial charge in [-0.15, -0.1) is 0 Å². The van der Waals surface area contributed by atoms with Gasteiger partial charge in [0, 0.05) is 23.1 Å². The van der Waals surface area contributed by atoms with Crippen LogP contribution in [0.15, 0.2) is 29.2 Å². The molecule has 21 heavy (non-hydrogen) atoms. The van der Waals surface area contributed by atoms with Crippen LogP contribution in [0.25, 0.3) is 0 Å². The molecule has 4 nitrogen and oxygen atoms in total. The van der Waals surface area contributed by atoms with E-state index in [-0.39, 0.29) is 16.7 Å². The molecule has 1 aromatic rings. The van der Waals surface area contributed by atoms with E-state index in [1.165, 1.54) is 12.1 Å². The Bertz CT molecular complexity index is 590. The molecule has 0 radical (unpaired) electrons. The first-order valence-corrected chi connectivity index (χ1v) is 9.48. The first-order valence-electron chi connectivity index (χ1n) is 7.17. The van der Waals surface area contributed by atoms with Crippen molar-refractivity contribution < 1.29 is 13.2 Å². The normalized spacial score (nSPS) is 22.8. The molecule has 1 saturated carbocycles. The third kappa shape index (κ3) is 4.71. The molecule has 0 aromatic heterocycles. The van der Waals surface area contributed by atoms with Gasteiger partial charge in [-0.2, -0.15) is 0 Å². The number of halogens is 1. The highest BCUT2D eigenvalue weighted by Crippen LogP contribution is 2.28. The summed E-state index contributed by atoms with van der Waals surface area (Å²) in [5.74, 6) is 0.929. The molecule has 1 aliphatic rings. The molecule has 1 aromatic carbocycles. The topological polar surface area (TPSA) is 63.2 Å². The summed E-state index contributed by atoms with van der Waals surface area (Å²) in [6, 6.07) is 6.23. The summed E-state index contributed by atoms with van der Waals surface area (Å²) in [5.41, 5.74) is 0.858. The minimum Gasteiger partial charge on any atom is -0.352 e. The lowest BCUT2D eigenvalue weighted by Gasteiger charge is -2.25. The highest BCUT2D eigenvalue weighted by Gasteiger charge is 2.23. The minimum absolute atomic E-state index is 0.0699. The van der Waals surface area contributed by atoms with Gasteiger partial charge >= 0.3 is 0 Å². The molecule has 1 fully saturated rings. The van der Waals surface area contributed by atoms with Gasteiger partial charge in [0.25, 0.3) is 9.05 Å². The van der Waals surface area contributed by atoms with Crippen LogP contribution < -0.4 is 5.32 Å². The van der Waals surface area contributed by atoms with E-state index in [9.17, 15) is 13.2 Å². The lowest BCUT2D eigenvalue weighted by molar-refractivity contribution is -0.126. The van der Waals surface area contributed by atoms with Crippen molar-refractivity contribution >= 4 is 25.6 Å². The molecule has 0 unspecified atom stereocenters. The Morgan fingerprint density at radius 1 is 1.19 bits per heavy atom. The third-order valence-corrected chi connectivity index (χ3v) is 5.43. The van der Waals surface area contributed by atoms with Crippen molar-refractivity contribution in [3.63, 3.8) is 0 Å². The summed E-state index contributed by atoms with van der Waals surface area (Å²) in [6.07, 6.45) is 4.13. The Morgan fingerprint density at radius 3 is 2.29 bits per heavy atom. The first-order chi connectivity index (χ1) is 9.86. The molecule has 1 N–H and O–H groups in total. The van der Waals surface area contributed by atoms with E-state index in [4.69, 9.17) is 10.7 Å². The molecule has 0 spiro atoms. The van der Waals surface area contributed by atoms with Gasteiger partial charge in [-0.25, -0.2) is 8.42 Å². The molecule has 6 heteroatoms. The van der Waals surface area contributed by atoms with Crippen LogP contribution in [0.4, 0.5) is 0 Å². The standard InChI is InChI=1S/C15H20ClNO3S/c1-11-2-6-13(7-3-11)15(18)17-10-12-4-8-14(9-5-12)21(16,19)20/h4-5,8-9,11,13H,2-3,6-7,10H2,1H3,(H,17,18). The second-order valence-electron chi connectivity index (χ2n) is 5.76. The van der Waals surface area contributed by atoms with E-state index < -0.39 is 9.05 Å². The molecule has 0 aliphatic heterocycles. The largest absolute Gasteiger partial charge is 0.352 e. The molecule has 116 valence electrons. The van der Waals surface area contributed by atoms with Gasteiger partial charge in [0.05, 0.1) is 4.90 Å². The van der Waals surface area contributed by atoms with Gasteiger partial charge in [0.1, 0.15) is 0 Å². The second kappa shape index (κ2) is 6.79. The Balaban J connectivity index is 1.87. The van der Waals surface area contributed by atoms with Gasteiger partial charge in [0.15, 0.2) is 0 Å². The van der Waals surface area contributed by atoms with Crippen LogP contribution in [0.3, 0.4) is 0 Å². The summed E-state index contributed by atoms with van der Waals surface area (Å²) in [5, 5.41) is 2.92. The highest BCUT2D eigenvalue weighted by molar-refractivity contribution is 8.13. The fraction of sp³-hybridized carbons (Fsp3) is 0.533. The van der Waals surface area contributed by atoms with E-state index in [1.54, 1.807) is 12.1 Å². The molecule has 2 rings (SSSR count). The molecule has 1 amide bonds. The molecular formula is C15H20ClNO3S. The van der Waals surface area contributed by atoms with Crippen LogP contribution in [0.1, 0.15) is 38.2 Å². The Morgan fingerprint density at radius 2 is 1.76 bits per heavy atom. The van der Waals surface area contributed by atoms with Gasteiger partial charge in [-0.1, -0.05) is 19.1 Å². The Hall–Kier alpha value is -1.07. The average molecular weight is 330 g/mol. The van der Waals surface area contributed by atoms with Gasteiger partial charge < -0.3 is 5.32 Å². The van der Waals surface area contributed by atoms with Crippen molar-refractivity contribution in [2.45, 2.75) is 44.0 Å². The summed E-state index contributed by atoms with van der Waals surface area (Å²) in [4.78, 5) is 12.1. The van der Waals surface area contributed by atoms with E-state index in [2.05, 4.69) is 12.2 Å². The average Bonchev–Trinajstić information content (AvgIpc) is 2.45. The smallest absolute Gasteiger partial charge is 0.261 e. The van der Waals surface area contributed by atoms with Crippen molar-refractivity contribution in [1.29, 1.82) is 0 Å². The summed E-state index contributed by atoms with van der Waals surface area (Å²) in [7, 11) is 1.57. The number of benzene rings is 1. The summed E-state index contributed by atoms with van der Waals surface area (Å²) in [6.45, 7) is 2.63. The number of hydrogen-bond donors (Lipinski definition) is 1. The highest BCUT2D eigenvalue weighted by atomic mass is 35.7. The number of amides is 1. The zero-order chi connectivity index (χ0) is 15.5. The molecule has 1 aliphatic carbocycles. The number of nitrogens with one attached hydrogen (secondary N) is 1. The zero-order valence-corrected chi connectivity index (χ0v) is 13.6. The Labute approximate surface area is 130 Å². The van der Waals surface area contributed by atoms with E-state index in [0.717, 1.165) is 37.2 Å². The molecule has 0 heterocycles. The van der Waals surface area contributed by atoms with E-state index in [1.807, 2.05) is 0 Å². The fourth-order valence-corrected chi connectivity index (χ4v) is 3.40. The predicted molar refractivity (Wildman–Crippen MR) is 82.4 cm³/mol. The maximum Gasteiger partial charge on any atom is 0.261 e. The van der Waals surface area contributed by atoms with Crippen LogP contribution >= 0.6 is 10.7 Å². The quantitative estimate of drug-likeness (QED) is 0.863. The van der Waals surface area contributed by atoms with Crippen molar-refractivity contribution in [2.75, 3.05) is 0 Å². The summed E-state index contributed by atoms with van der Waals surface area (Å²) < 4.78 is 22.3. The first kappa shape index (κ1) is 16.3. The maximum absolute atomic E-state index is 12.1. The van der Waals surface area contributed by atoms with Crippen LogP contribution in [0.2, 0.25) is 0 Å². The van der Waals surface area contributed by atoms with Crippen LogP contribution in [0, 0.1) is 11.8 Å². The summed E-state index contributed by atoms with van der Waals surface area (Å²) >= 11 is 0. The third-order valence-electron chi connectivity index (χ3n) is 4.06. The SMILES string of the molecule is CC1CCC(C(=O)NCc2ccc(S(=O)(=O)Cl)cc2)CC1. The van der Waals surface area contributed by atoms with E-state index >= 15 is 0 Å². The molecular weight excluding hydrogens is 310 g/mol. The predicted octanol–water partition coefficient (Wildman–Crippen LogP) is 3.06. The van der Waals surface area contributed by atoms with Crippen LogP contribution in [0.5, 0.6) is 0 Å². The van der Waals surface area contributed by atoms with Crippen molar-refractivity contribution in [3.8, 4) is 0 Å². The number of carbonyl (C=O) groups excluding carboxylic acids is 1. The van der Waals surface area contributed by atoms with Gasteiger partial charge in [0.2, 0.25) is 5.91 Å². The van der Waals surface area contributed by atoms with Crippen molar-refractivity contribution in [2.24, 2.45) is 11.8 Å². The van der Waals surface area contributed by atoms with Crippen LogP contribution in [-0.2, 0) is 20.4 Å². The monoisotopic (exact) mass is 329 g/mol.